The molecule has 0 saturated carbocycles. The third kappa shape index (κ3) is 2.62. The summed E-state index contributed by atoms with van der Waals surface area (Å²) in [6.07, 6.45) is 1.07. The zero-order valence-corrected chi connectivity index (χ0v) is 10.1. The average Bonchev–Trinajstić information content (AvgIpc) is 2.72. The molecule has 2 aromatic rings. The highest BCUT2D eigenvalue weighted by molar-refractivity contribution is 5.95. The number of rotatable bonds is 4. The number of aromatic nitrogens is 1. The molecule has 6 heteroatoms. The van der Waals surface area contributed by atoms with Crippen molar-refractivity contribution in [2.45, 2.75) is 19.8 Å². The lowest BCUT2D eigenvalue weighted by Crippen LogP contribution is -2.01. The minimum Gasteiger partial charge on any atom is -0.477 e. The number of halogens is 2. The summed E-state index contributed by atoms with van der Waals surface area (Å²) in [5.74, 6) is -2.63. The molecule has 1 aromatic heterocycles. The number of hydrogen-bond acceptors (Lipinski definition) is 3. The summed E-state index contributed by atoms with van der Waals surface area (Å²) in [5.41, 5.74) is -0.165. The summed E-state index contributed by atoms with van der Waals surface area (Å²) in [6, 6.07) is 2.74. The van der Waals surface area contributed by atoms with Crippen LogP contribution in [0, 0.1) is 11.6 Å². The van der Waals surface area contributed by atoms with Crippen LogP contribution in [-0.4, -0.2) is 16.2 Å². The molecule has 4 nitrogen and oxygen atoms in total. The van der Waals surface area contributed by atoms with Gasteiger partial charge in [0.25, 0.3) is 0 Å². The summed E-state index contributed by atoms with van der Waals surface area (Å²) in [5, 5.41) is 12.8. The van der Waals surface area contributed by atoms with E-state index in [-0.39, 0.29) is 22.6 Å². The van der Waals surface area contributed by atoms with Crippen LogP contribution in [0.5, 0.6) is 0 Å². The van der Waals surface area contributed by atoms with Crippen molar-refractivity contribution in [3.8, 4) is 11.3 Å². The minimum atomic E-state index is -1.23. The van der Waals surface area contributed by atoms with Crippen molar-refractivity contribution < 1.29 is 23.2 Å². The molecule has 19 heavy (non-hydrogen) atoms. The summed E-state index contributed by atoms with van der Waals surface area (Å²) in [4.78, 5) is 11.2. The Labute approximate surface area is 107 Å². The van der Waals surface area contributed by atoms with Crippen LogP contribution >= 0.6 is 0 Å². The van der Waals surface area contributed by atoms with Crippen molar-refractivity contribution in [3.63, 3.8) is 0 Å². The number of aryl methyl sites for hydroxylation is 1. The molecule has 0 amide bonds. The van der Waals surface area contributed by atoms with Gasteiger partial charge in [-0.05, 0) is 18.6 Å². The van der Waals surface area contributed by atoms with Gasteiger partial charge in [0.2, 0.25) is 0 Å². The van der Waals surface area contributed by atoms with E-state index in [1.165, 1.54) is 0 Å². The molecule has 0 radical (unpaired) electrons. The zero-order chi connectivity index (χ0) is 14.0. The van der Waals surface area contributed by atoms with Gasteiger partial charge < -0.3 is 9.63 Å². The molecule has 1 aromatic carbocycles. The summed E-state index contributed by atoms with van der Waals surface area (Å²) in [7, 11) is 0. The van der Waals surface area contributed by atoms with Gasteiger partial charge in [-0.25, -0.2) is 13.6 Å². The molecule has 1 heterocycles. The number of carboxylic acid groups (broad SMARTS) is 1. The number of benzene rings is 1. The maximum atomic E-state index is 13.2. The van der Waals surface area contributed by atoms with Crippen LogP contribution in [0.4, 0.5) is 8.78 Å². The van der Waals surface area contributed by atoms with Crippen molar-refractivity contribution in [1.29, 1.82) is 0 Å². The fraction of sp³-hybridized carbons (Fsp3) is 0.231. The Morgan fingerprint density at radius 1 is 1.32 bits per heavy atom. The lowest BCUT2D eigenvalue weighted by molar-refractivity contribution is 0.0695. The molecule has 0 aliphatic heterocycles. The van der Waals surface area contributed by atoms with Crippen LogP contribution in [0.25, 0.3) is 11.3 Å². The van der Waals surface area contributed by atoms with Crippen LogP contribution in [0.15, 0.2) is 22.7 Å². The van der Waals surface area contributed by atoms with E-state index < -0.39 is 17.6 Å². The van der Waals surface area contributed by atoms with Gasteiger partial charge in [0.05, 0.1) is 0 Å². The minimum absolute atomic E-state index is 0.0426. The van der Waals surface area contributed by atoms with Gasteiger partial charge in [-0.1, -0.05) is 12.1 Å². The average molecular weight is 267 g/mol. The second kappa shape index (κ2) is 5.17. The fourth-order valence-electron chi connectivity index (χ4n) is 1.83. The SMILES string of the molecule is CCCc1onc(-c2cc(F)cc(F)c2)c1C(=O)O. The smallest absolute Gasteiger partial charge is 0.341 e. The fourth-order valence-corrected chi connectivity index (χ4v) is 1.83. The van der Waals surface area contributed by atoms with Gasteiger partial charge in [0.15, 0.2) is 5.76 Å². The molecule has 0 saturated heterocycles. The Kier molecular flexibility index (Phi) is 3.59. The topological polar surface area (TPSA) is 63.3 Å². The third-order valence-corrected chi connectivity index (χ3v) is 2.59. The maximum Gasteiger partial charge on any atom is 0.341 e. The molecular formula is C13H11F2NO3. The Morgan fingerprint density at radius 2 is 1.95 bits per heavy atom. The summed E-state index contributed by atoms with van der Waals surface area (Å²) >= 11 is 0. The van der Waals surface area contributed by atoms with Gasteiger partial charge in [0, 0.05) is 18.1 Å². The van der Waals surface area contributed by atoms with Crippen LogP contribution in [0.3, 0.4) is 0 Å². The highest BCUT2D eigenvalue weighted by Gasteiger charge is 2.23. The van der Waals surface area contributed by atoms with E-state index in [4.69, 9.17) is 4.52 Å². The first-order valence-electron chi connectivity index (χ1n) is 5.71. The van der Waals surface area contributed by atoms with Crippen LogP contribution < -0.4 is 0 Å². The van der Waals surface area contributed by atoms with Crippen LogP contribution in [0.2, 0.25) is 0 Å². The molecule has 0 spiro atoms. The number of nitrogens with zero attached hydrogens (tertiary/aromatic N) is 1. The summed E-state index contributed by atoms with van der Waals surface area (Å²) in [6.45, 7) is 1.86. The number of carbonyl (C=O) groups is 1. The Hall–Kier alpha value is -2.24. The van der Waals surface area contributed by atoms with E-state index >= 15 is 0 Å². The van der Waals surface area contributed by atoms with E-state index in [2.05, 4.69) is 5.16 Å². The molecular weight excluding hydrogens is 256 g/mol. The second-order valence-corrected chi connectivity index (χ2v) is 4.04. The number of carboxylic acids is 1. The van der Waals surface area contributed by atoms with Crippen molar-refractivity contribution in [3.05, 3.63) is 41.2 Å². The first-order valence-corrected chi connectivity index (χ1v) is 5.71. The van der Waals surface area contributed by atoms with Gasteiger partial charge in [-0.2, -0.15) is 0 Å². The van der Waals surface area contributed by atoms with Gasteiger partial charge in [0.1, 0.15) is 22.9 Å². The maximum absolute atomic E-state index is 13.2. The van der Waals surface area contributed by atoms with Crippen molar-refractivity contribution >= 4 is 5.97 Å². The highest BCUT2D eigenvalue weighted by Crippen LogP contribution is 2.27. The second-order valence-electron chi connectivity index (χ2n) is 4.04. The van der Waals surface area contributed by atoms with Crippen molar-refractivity contribution in [2.24, 2.45) is 0 Å². The Bertz CT molecular complexity index is 602. The quantitative estimate of drug-likeness (QED) is 0.923. The van der Waals surface area contributed by atoms with E-state index in [9.17, 15) is 18.7 Å². The van der Waals surface area contributed by atoms with E-state index in [1.807, 2.05) is 6.92 Å². The molecule has 0 fully saturated rings. The Morgan fingerprint density at radius 3 is 2.47 bits per heavy atom. The van der Waals surface area contributed by atoms with E-state index in [0.717, 1.165) is 12.1 Å². The van der Waals surface area contributed by atoms with Crippen molar-refractivity contribution in [2.75, 3.05) is 0 Å². The third-order valence-electron chi connectivity index (χ3n) is 2.59. The normalized spacial score (nSPS) is 10.7. The first kappa shape index (κ1) is 13.2. The van der Waals surface area contributed by atoms with Gasteiger partial charge in [-0.3, -0.25) is 0 Å². The molecule has 0 atom stereocenters. The van der Waals surface area contributed by atoms with Crippen LogP contribution in [0.1, 0.15) is 29.5 Å². The van der Waals surface area contributed by atoms with Crippen LogP contribution in [-0.2, 0) is 6.42 Å². The summed E-state index contributed by atoms with van der Waals surface area (Å²) < 4.78 is 31.3. The highest BCUT2D eigenvalue weighted by atomic mass is 19.1. The lowest BCUT2D eigenvalue weighted by Gasteiger charge is -2.00. The predicted molar refractivity (Wildman–Crippen MR) is 62.8 cm³/mol. The molecule has 0 aliphatic carbocycles. The van der Waals surface area contributed by atoms with E-state index in [1.54, 1.807) is 0 Å². The first-order chi connectivity index (χ1) is 9.02. The van der Waals surface area contributed by atoms with Gasteiger partial charge >= 0.3 is 5.97 Å². The van der Waals surface area contributed by atoms with E-state index in [0.29, 0.717) is 18.9 Å². The lowest BCUT2D eigenvalue weighted by atomic mass is 10.0. The molecule has 0 unspecified atom stereocenters. The predicted octanol–water partition coefficient (Wildman–Crippen LogP) is 3.27. The number of aromatic carboxylic acids is 1. The standard InChI is InChI=1S/C13H11F2NO3/c1-2-3-10-11(13(17)18)12(16-19-10)7-4-8(14)6-9(15)5-7/h4-6H,2-3H2,1H3,(H,17,18). The Balaban J connectivity index is 2.58. The molecule has 1 N–H and O–H groups in total. The van der Waals surface area contributed by atoms with Gasteiger partial charge in [-0.15, -0.1) is 0 Å². The molecule has 0 bridgehead atoms. The number of hydrogen-bond donors (Lipinski definition) is 1. The largest absolute Gasteiger partial charge is 0.477 e. The molecule has 0 aliphatic rings. The van der Waals surface area contributed by atoms with Crippen molar-refractivity contribution in [1.82, 2.24) is 5.16 Å². The molecule has 2 rings (SSSR count). The molecule has 100 valence electrons. The zero-order valence-electron chi connectivity index (χ0n) is 10.1. The monoisotopic (exact) mass is 267 g/mol.